The topological polar surface area (TPSA) is 35.5 Å². The third kappa shape index (κ3) is 8.12. The molecule has 3 nitrogen and oxygen atoms in total. The minimum absolute atomic E-state index is 0.115. The van der Waals surface area contributed by atoms with Gasteiger partial charge in [-0.2, -0.15) is 0 Å². The highest BCUT2D eigenvalue weighted by Gasteiger charge is 2.17. The molecule has 0 aromatic heterocycles. The molecule has 0 aliphatic carbocycles. The van der Waals surface area contributed by atoms with Crippen LogP contribution in [0.3, 0.4) is 0 Å². The average Bonchev–Trinajstić information content (AvgIpc) is 2.14. The predicted molar refractivity (Wildman–Crippen MR) is 77.4 cm³/mol. The number of allylic oxidation sites excluding steroid dienone is 4. The van der Waals surface area contributed by atoms with Crippen molar-refractivity contribution in [3.8, 4) is 0 Å². The molecular weight excluding hydrogens is 296 g/mol. The third-order valence-electron chi connectivity index (χ3n) is 1.64. The first-order valence-corrected chi connectivity index (χ1v) is 6.49. The van der Waals surface area contributed by atoms with Crippen LogP contribution in [0.2, 0.25) is 0 Å². The standard InChI is InChI=1S/C14H21BrO3/c1-7-12(11(15)8-10(2)3)17-9-13(16)18-14(4,5)6/h7-8H,2,9H2,1,3-6H3/b11-8+,12-7+. The maximum absolute atomic E-state index is 11.5. The molecule has 0 aromatic rings. The van der Waals surface area contributed by atoms with Crippen LogP contribution in [0.15, 0.2) is 34.5 Å². The molecule has 0 bridgehead atoms. The van der Waals surface area contributed by atoms with Crippen molar-refractivity contribution in [2.75, 3.05) is 6.61 Å². The molecule has 0 rings (SSSR count). The van der Waals surface area contributed by atoms with Crippen LogP contribution < -0.4 is 0 Å². The predicted octanol–water partition coefficient (Wildman–Crippen LogP) is 4.10. The van der Waals surface area contributed by atoms with Gasteiger partial charge in [-0.1, -0.05) is 12.2 Å². The minimum atomic E-state index is -0.499. The van der Waals surface area contributed by atoms with E-state index in [1.165, 1.54) is 0 Å². The molecular formula is C14H21BrO3. The number of hydrogen-bond acceptors (Lipinski definition) is 3. The Hall–Kier alpha value is -1.03. The van der Waals surface area contributed by atoms with Crippen LogP contribution in [-0.4, -0.2) is 18.2 Å². The molecule has 0 heterocycles. The molecule has 0 saturated carbocycles. The lowest BCUT2D eigenvalue weighted by atomic mass is 10.2. The van der Waals surface area contributed by atoms with Crippen molar-refractivity contribution in [3.63, 3.8) is 0 Å². The van der Waals surface area contributed by atoms with E-state index in [9.17, 15) is 4.79 Å². The minimum Gasteiger partial charge on any atom is -0.481 e. The molecule has 18 heavy (non-hydrogen) atoms. The molecule has 0 saturated heterocycles. The summed E-state index contributed by atoms with van der Waals surface area (Å²) in [5, 5.41) is 0. The Morgan fingerprint density at radius 2 is 1.94 bits per heavy atom. The SMILES string of the molecule is C=C(C)/C=C(Br)\C(=C/C)OCC(=O)OC(C)(C)C. The second-order valence-corrected chi connectivity index (χ2v) is 5.72. The molecule has 0 spiro atoms. The van der Waals surface area contributed by atoms with Crippen LogP contribution in [0.25, 0.3) is 0 Å². The van der Waals surface area contributed by atoms with E-state index in [1.807, 2.05) is 40.7 Å². The van der Waals surface area contributed by atoms with Gasteiger partial charge in [-0.15, -0.1) is 0 Å². The van der Waals surface area contributed by atoms with Gasteiger partial charge in [-0.05, 0) is 62.7 Å². The number of hydrogen-bond donors (Lipinski definition) is 0. The van der Waals surface area contributed by atoms with Crippen molar-refractivity contribution in [2.24, 2.45) is 0 Å². The number of rotatable bonds is 5. The van der Waals surface area contributed by atoms with Crippen LogP contribution >= 0.6 is 15.9 Å². The Bertz CT molecular complexity index is 373. The zero-order chi connectivity index (χ0) is 14.3. The van der Waals surface area contributed by atoms with E-state index in [2.05, 4.69) is 22.5 Å². The molecule has 0 amide bonds. The molecule has 0 fully saturated rings. The van der Waals surface area contributed by atoms with Crippen molar-refractivity contribution in [1.29, 1.82) is 0 Å². The maximum atomic E-state index is 11.5. The molecule has 0 aliphatic rings. The first-order valence-electron chi connectivity index (χ1n) is 5.69. The molecule has 0 aromatic carbocycles. The van der Waals surface area contributed by atoms with Crippen LogP contribution in [0.5, 0.6) is 0 Å². The Morgan fingerprint density at radius 1 is 1.39 bits per heavy atom. The van der Waals surface area contributed by atoms with Gasteiger partial charge in [0.2, 0.25) is 0 Å². The number of esters is 1. The lowest BCUT2D eigenvalue weighted by Crippen LogP contribution is -2.26. The fourth-order valence-electron chi connectivity index (χ4n) is 1.09. The van der Waals surface area contributed by atoms with E-state index >= 15 is 0 Å². The zero-order valence-electron chi connectivity index (χ0n) is 11.7. The van der Waals surface area contributed by atoms with E-state index < -0.39 is 11.6 Å². The third-order valence-corrected chi connectivity index (χ3v) is 2.26. The number of halogens is 1. The summed E-state index contributed by atoms with van der Waals surface area (Å²) in [7, 11) is 0. The molecule has 0 aliphatic heterocycles. The van der Waals surface area contributed by atoms with Crippen molar-refractivity contribution in [1.82, 2.24) is 0 Å². The van der Waals surface area contributed by atoms with Gasteiger partial charge in [0.1, 0.15) is 11.4 Å². The first kappa shape index (κ1) is 17.0. The van der Waals surface area contributed by atoms with Crippen LogP contribution in [-0.2, 0) is 14.3 Å². The zero-order valence-corrected chi connectivity index (χ0v) is 13.3. The molecule has 0 atom stereocenters. The van der Waals surface area contributed by atoms with E-state index in [0.29, 0.717) is 5.76 Å². The molecule has 4 heteroatoms. The van der Waals surface area contributed by atoms with Crippen LogP contribution in [0.4, 0.5) is 0 Å². The summed E-state index contributed by atoms with van der Waals surface area (Å²) in [5.41, 5.74) is 0.392. The lowest BCUT2D eigenvalue weighted by Gasteiger charge is -2.19. The van der Waals surface area contributed by atoms with Crippen molar-refractivity contribution in [3.05, 3.63) is 34.5 Å². The van der Waals surface area contributed by atoms with Crippen molar-refractivity contribution >= 4 is 21.9 Å². The first-order chi connectivity index (χ1) is 8.15. The Balaban J connectivity index is 4.43. The molecule has 0 radical (unpaired) electrons. The summed E-state index contributed by atoms with van der Waals surface area (Å²) in [6, 6.07) is 0. The van der Waals surface area contributed by atoms with Gasteiger partial charge in [0.05, 0.1) is 4.48 Å². The number of carbonyl (C=O) groups is 1. The Morgan fingerprint density at radius 3 is 2.33 bits per heavy atom. The Kier molecular flexibility index (Phi) is 6.99. The summed E-state index contributed by atoms with van der Waals surface area (Å²) < 4.78 is 11.3. The fourth-order valence-corrected chi connectivity index (χ4v) is 1.82. The van der Waals surface area contributed by atoms with Crippen molar-refractivity contribution < 1.29 is 14.3 Å². The van der Waals surface area contributed by atoms with Gasteiger partial charge < -0.3 is 9.47 Å². The average molecular weight is 317 g/mol. The Labute approximate surface area is 118 Å². The van der Waals surface area contributed by atoms with Gasteiger partial charge >= 0.3 is 5.97 Å². The highest BCUT2D eigenvalue weighted by molar-refractivity contribution is 9.11. The highest BCUT2D eigenvalue weighted by Crippen LogP contribution is 2.20. The van der Waals surface area contributed by atoms with E-state index in [0.717, 1.165) is 10.1 Å². The van der Waals surface area contributed by atoms with Gasteiger partial charge in [-0.25, -0.2) is 4.79 Å². The molecule has 102 valence electrons. The summed E-state index contributed by atoms with van der Waals surface area (Å²) in [6.07, 6.45) is 3.60. The second-order valence-electron chi connectivity index (χ2n) is 4.87. The van der Waals surface area contributed by atoms with Gasteiger partial charge in [0, 0.05) is 0 Å². The molecule has 0 N–H and O–H groups in total. The van der Waals surface area contributed by atoms with Gasteiger partial charge in [-0.3, -0.25) is 0 Å². The monoisotopic (exact) mass is 316 g/mol. The summed E-state index contributed by atoms with van der Waals surface area (Å²) >= 11 is 3.37. The van der Waals surface area contributed by atoms with Crippen molar-refractivity contribution in [2.45, 2.75) is 40.2 Å². The summed E-state index contributed by atoms with van der Waals surface area (Å²) in [5.74, 6) is 0.196. The molecule has 0 unspecified atom stereocenters. The summed E-state index contributed by atoms with van der Waals surface area (Å²) in [4.78, 5) is 11.5. The van der Waals surface area contributed by atoms with E-state index in [1.54, 1.807) is 6.08 Å². The smallest absolute Gasteiger partial charge is 0.344 e. The largest absolute Gasteiger partial charge is 0.481 e. The number of ether oxygens (including phenoxy) is 2. The quantitative estimate of drug-likeness (QED) is 0.435. The van der Waals surface area contributed by atoms with E-state index in [-0.39, 0.29) is 6.61 Å². The lowest BCUT2D eigenvalue weighted by molar-refractivity contribution is -0.158. The van der Waals surface area contributed by atoms with Crippen LogP contribution in [0, 0.1) is 0 Å². The summed E-state index contributed by atoms with van der Waals surface area (Å²) in [6.45, 7) is 12.8. The van der Waals surface area contributed by atoms with Gasteiger partial charge in [0.15, 0.2) is 6.61 Å². The second kappa shape index (κ2) is 7.41. The van der Waals surface area contributed by atoms with E-state index in [4.69, 9.17) is 9.47 Å². The number of carbonyl (C=O) groups excluding carboxylic acids is 1. The van der Waals surface area contributed by atoms with Crippen LogP contribution in [0.1, 0.15) is 34.6 Å². The maximum Gasteiger partial charge on any atom is 0.344 e. The normalized spacial score (nSPS) is 13.2. The fraction of sp³-hybridized carbons (Fsp3) is 0.500. The van der Waals surface area contributed by atoms with Gasteiger partial charge in [0.25, 0.3) is 0 Å². The highest BCUT2D eigenvalue weighted by atomic mass is 79.9.